The number of carbonyl (C=O) groups excluding carboxylic acids is 1. The van der Waals surface area contributed by atoms with Crippen molar-refractivity contribution in [1.29, 1.82) is 0 Å². The van der Waals surface area contributed by atoms with E-state index in [-0.39, 0.29) is 5.91 Å². The maximum absolute atomic E-state index is 12.6. The van der Waals surface area contributed by atoms with Crippen molar-refractivity contribution in [2.75, 3.05) is 13.1 Å². The van der Waals surface area contributed by atoms with E-state index in [1.165, 1.54) is 11.3 Å². The molecule has 108 valence electrons. The van der Waals surface area contributed by atoms with Crippen LogP contribution in [-0.2, 0) is 0 Å². The second-order valence-corrected chi connectivity index (χ2v) is 6.52. The summed E-state index contributed by atoms with van der Waals surface area (Å²) in [5, 5.41) is 5.05. The molecule has 0 unspecified atom stereocenters. The van der Waals surface area contributed by atoms with Crippen LogP contribution >= 0.6 is 22.7 Å². The summed E-state index contributed by atoms with van der Waals surface area (Å²) in [7, 11) is 0. The average molecular weight is 308 g/mol. The minimum atomic E-state index is 0.130. The molecule has 2 heterocycles. The number of thiazole rings is 1. The molecule has 0 fully saturated rings. The largest absolute Gasteiger partial charge is 0.338 e. The van der Waals surface area contributed by atoms with Gasteiger partial charge in [0.2, 0.25) is 0 Å². The molecule has 0 atom stereocenters. The van der Waals surface area contributed by atoms with Gasteiger partial charge in [0, 0.05) is 24.0 Å². The minimum Gasteiger partial charge on any atom is -0.338 e. The van der Waals surface area contributed by atoms with Gasteiger partial charge < -0.3 is 4.90 Å². The van der Waals surface area contributed by atoms with Crippen molar-refractivity contribution in [2.45, 2.75) is 33.6 Å². The number of carbonyl (C=O) groups is 1. The molecular formula is C15H20N2OS2. The molecule has 3 nitrogen and oxygen atoms in total. The Balaban J connectivity index is 2.25. The van der Waals surface area contributed by atoms with Gasteiger partial charge >= 0.3 is 0 Å². The van der Waals surface area contributed by atoms with Gasteiger partial charge in [-0.2, -0.15) is 11.3 Å². The molecule has 5 heteroatoms. The molecule has 0 aliphatic rings. The monoisotopic (exact) mass is 308 g/mol. The van der Waals surface area contributed by atoms with E-state index in [0.29, 0.717) is 0 Å². The SMILES string of the molecule is CCCN(CCC)C(=O)c1sc(-c2ccsc2)nc1C. The van der Waals surface area contributed by atoms with E-state index in [4.69, 9.17) is 0 Å². The zero-order valence-corrected chi connectivity index (χ0v) is 13.8. The van der Waals surface area contributed by atoms with Gasteiger partial charge in [-0.3, -0.25) is 4.79 Å². The number of aryl methyl sites for hydroxylation is 1. The fourth-order valence-electron chi connectivity index (χ4n) is 2.10. The molecule has 2 rings (SSSR count). The van der Waals surface area contributed by atoms with E-state index in [2.05, 4.69) is 24.2 Å². The van der Waals surface area contributed by atoms with Crippen molar-refractivity contribution < 1.29 is 4.79 Å². The van der Waals surface area contributed by atoms with Gasteiger partial charge in [0.05, 0.1) is 5.69 Å². The lowest BCUT2D eigenvalue weighted by Gasteiger charge is -2.20. The summed E-state index contributed by atoms with van der Waals surface area (Å²) in [5.74, 6) is 0.130. The standard InChI is InChI=1S/C15H20N2OS2/c1-4-7-17(8-5-2)15(18)13-11(3)16-14(20-13)12-6-9-19-10-12/h6,9-10H,4-5,7-8H2,1-3H3. The fourth-order valence-corrected chi connectivity index (χ4v) is 3.85. The van der Waals surface area contributed by atoms with Crippen LogP contribution in [-0.4, -0.2) is 28.9 Å². The van der Waals surface area contributed by atoms with Gasteiger partial charge in [-0.05, 0) is 31.2 Å². The van der Waals surface area contributed by atoms with Crippen LogP contribution < -0.4 is 0 Å². The molecule has 0 aliphatic carbocycles. The molecule has 20 heavy (non-hydrogen) atoms. The lowest BCUT2D eigenvalue weighted by Crippen LogP contribution is -2.32. The van der Waals surface area contributed by atoms with Gasteiger partial charge in [0.25, 0.3) is 5.91 Å². The molecule has 0 aliphatic heterocycles. The third-order valence-electron chi connectivity index (χ3n) is 3.03. The van der Waals surface area contributed by atoms with Gasteiger partial charge in [-0.25, -0.2) is 4.98 Å². The van der Waals surface area contributed by atoms with Crippen molar-refractivity contribution in [2.24, 2.45) is 0 Å². The predicted molar refractivity (Wildman–Crippen MR) is 86.6 cm³/mol. The molecule has 0 aromatic carbocycles. The maximum Gasteiger partial charge on any atom is 0.265 e. The van der Waals surface area contributed by atoms with Crippen LogP contribution in [0.3, 0.4) is 0 Å². The topological polar surface area (TPSA) is 33.2 Å². The second-order valence-electron chi connectivity index (χ2n) is 4.74. The molecule has 1 amide bonds. The Hall–Kier alpha value is -1.20. The van der Waals surface area contributed by atoms with Crippen LogP contribution in [0.4, 0.5) is 0 Å². The third kappa shape index (κ3) is 3.27. The summed E-state index contributed by atoms with van der Waals surface area (Å²) >= 11 is 3.16. The second kappa shape index (κ2) is 6.99. The molecule has 0 radical (unpaired) electrons. The summed E-state index contributed by atoms with van der Waals surface area (Å²) in [5.41, 5.74) is 1.96. The van der Waals surface area contributed by atoms with Crippen molar-refractivity contribution in [3.05, 3.63) is 27.4 Å². The van der Waals surface area contributed by atoms with E-state index in [0.717, 1.165) is 47.1 Å². The highest BCUT2D eigenvalue weighted by Gasteiger charge is 2.21. The molecule has 0 bridgehead atoms. The number of hydrogen-bond donors (Lipinski definition) is 0. The van der Waals surface area contributed by atoms with Gasteiger partial charge in [-0.1, -0.05) is 13.8 Å². The Kier molecular flexibility index (Phi) is 5.31. The minimum absolute atomic E-state index is 0.130. The Morgan fingerprint density at radius 2 is 2.00 bits per heavy atom. The summed E-state index contributed by atoms with van der Waals surface area (Å²) in [6.45, 7) is 7.77. The van der Waals surface area contributed by atoms with E-state index >= 15 is 0 Å². The fraction of sp³-hybridized carbons (Fsp3) is 0.467. The first-order valence-corrected chi connectivity index (χ1v) is 8.72. The highest BCUT2D eigenvalue weighted by molar-refractivity contribution is 7.17. The van der Waals surface area contributed by atoms with Gasteiger partial charge in [-0.15, -0.1) is 11.3 Å². The summed E-state index contributed by atoms with van der Waals surface area (Å²) < 4.78 is 0. The molecule has 0 spiro atoms. The lowest BCUT2D eigenvalue weighted by atomic mass is 10.3. The molecule has 0 saturated heterocycles. The molecule has 0 saturated carbocycles. The number of amides is 1. The maximum atomic E-state index is 12.6. The van der Waals surface area contributed by atoms with Crippen LogP contribution in [0, 0.1) is 6.92 Å². The highest BCUT2D eigenvalue weighted by atomic mass is 32.1. The molecule has 0 N–H and O–H groups in total. The van der Waals surface area contributed by atoms with Crippen molar-refractivity contribution in [1.82, 2.24) is 9.88 Å². The van der Waals surface area contributed by atoms with Crippen LogP contribution in [0.15, 0.2) is 16.8 Å². The van der Waals surface area contributed by atoms with Crippen molar-refractivity contribution in [3.63, 3.8) is 0 Å². The molecule has 2 aromatic heterocycles. The van der Waals surface area contributed by atoms with E-state index in [1.807, 2.05) is 23.3 Å². The van der Waals surface area contributed by atoms with Crippen LogP contribution in [0.5, 0.6) is 0 Å². The van der Waals surface area contributed by atoms with E-state index in [9.17, 15) is 4.79 Å². The quantitative estimate of drug-likeness (QED) is 0.790. The first-order chi connectivity index (χ1) is 9.67. The van der Waals surface area contributed by atoms with Crippen molar-refractivity contribution >= 4 is 28.6 Å². The zero-order valence-electron chi connectivity index (χ0n) is 12.2. The number of nitrogens with zero attached hydrogens (tertiary/aromatic N) is 2. The highest BCUT2D eigenvalue weighted by Crippen LogP contribution is 2.30. The molecular weight excluding hydrogens is 288 g/mol. The summed E-state index contributed by atoms with van der Waals surface area (Å²) in [6.07, 6.45) is 1.97. The summed E-state index contributed by atoms with van der Waals surface area (Å²) in [4.78, 5) is 19.9. The van der Waals surface area contributed by atoms with Crippen molar-refractivity contribution in [3.8, 4) is 10.6 Å². The smallest absolute Gasteiger partial charge is 0.265 e. The Morgan fingerprint density at radius 3 is 2.55 bits per heavy atom. The van der Waals surface area contributed by atoms with Crippen LogP contribution in [0.1, 0.15) is 42.1 Å². The first-order valence-electron chi connectivity index (χ1n) is 6.96. The molecule has 2 aromatic rings. The average Bonchev–Trinajstić information content (AvgIpc) is 3.06. The van der Waals surface area contributed by atoms with E-state index < -0.39 is 0 Å². The first kappa shape index (κ1) is 15.2. The van der Waals surface area contributed by atoms with E-state index in [1.54, 1.807) is 11.3 Å². The number of thiophene rings is 1. The third-order valence-corrected chi connectivity index (χ3v) is 4.91. The number of aromatic nitrogens is 1. The predicted octanol–water partition coefficient (Wildman–Crippen LogP) is 4.44. The van der Waals surface area contributed by atoms with Gasteiger partial charge in [0.15, 0.2) is 0 Å². The Bertz CT molecular complexity index is 554. The zero-order chi connectivity index (χ0) is 14.5. The van der Waals surface area contributed by atoms with Gasteiger partial charge in [0.1, 0.15) is 9.88 Å². The van der Waals surface area contributed by atoms with Crippen LogP contribution in [0.25, 0.3) is 10.6 Å². The number of rotatable bonds is 6. The Morgan fingerprint density at radius 1 is 1.30 bits per heavy atom. The lowest BCUT2D eigenvalue weighted by molar-refractivity contribution is 0.0759. The summed E-state index contributed by atoms with van der Waals surface area (Å²) in [6, 6.07) is 2.05. The normalized spacial score (nSPS) is 10.8. The number of hydrogen-bond acceptors (Lipinski definition) is 4. The Labute approximate surface area is 128 Å². The van der Waals surface area contributed by atoms with Crippen LogP contribution in [0.2, 0.25) is 0 Å².